The van der Waals surface area contributed by atoms with Gasteiger partial charge in [0.05, 0.1) is 10.5 Å². The van der Waals surface area contributed by atoms with Crippen LogP contribution in [0.2, 0.25) is 0 Å². The van der Waals surface area contributed by atoms with Crippen molar-refractivity contribution in [3.8, 4) is 0 Å². The van der Waals surface area contributed by atoms with Gasteiger partial charge in [-0.25, -0.2) is 4.79 Å². The topological polar surface area (TPSA) is 101 Å². The third kappa shape index (κ3) is 5.05. The number of carboxylic acids is 1. The van der Waals surface area contributed by atoms with Crippen molar-refractivity contribution in [2.45, 2.75) is 46.1 Å². The largest absolute Gasteiger partial charge is 0.478 e. The van der Waals surface area contributed by atoms with E-state index < -0.39 is 10.9 Å². The second-order valence-corrected chi connectivity index (χ2v) is 5.59. The molecule has 7 nitrogen and oxygen atoms in total. The summed E-state index contributed by atoms with van der Waals surface area (Å²) in [7, 11) is 0. The number of carbonyl (C=O) groups is 2. The van der Waals surface area contributed by atoms with Crippen LogP contribution < -0.4 is 0 Å². The Morgan fingerprint density at radius 3 is 2.48 bits per heavy atom. The lowest BCUT2D eigenvalue weighted by molar-refractivity contribution is -0.385. The maximum Gasteiger partial charge on any atom is 0.335 e. The van der Waals surface area contributed by atoms with Gasteiger partial charge in [-0.2, -0.15) is 0 Å². The van der Waals surface area contributed by atoms with Gasteiger partial charge in [0.15, 0.2) is 0 Å². The van der Waals surface area contributed by atoms with E-state index in [2.05, 4.69) is 0 Å². The Hall–Kier alpha value is -2.44. The van der Waals surface area contributed by atoms with Gasteiger partial charge in [0.2, 0.25) is 5.91 Å². The molecule has 1 rings (SSSR count). The van der Waals surface area contributed by atoms with Crippen molar-refractivity contribution in [3.05, 3.63) is 39.4 Å². The highest BCUT2D eigenvalue weighted by Gasteiger charge is 2.20. The molecule has 23 heavy (non-hydrogen) atoms. The number of hydrogen-bond acceptors (Lipinski definition) is 4. The normalized spacial score (nSPS) is 10.6. The van der Waals surface area contributed by atoms with Crippen LogP contribution in [0, 0.1) is 10.1 Å². The van der Waals surface area contributed by atoms with E-state index in [0.717, 1.165) is 6.42 Å². The molecule has 0 aromatic heterocycles. The number of carbonyl (C=O) groups excluding carboxylic acids is 1. The summed E-state index contributed by atoms with van der Waals surface area (Å²) in [6.07, 6.45) is 1.40. The van der Waals surface area contributed by atoms with Crippen LogP contribution in [0.25, 0.3) is 0 Å². The number of aromatic carboxylic acids is 1. The van der Waals surface area contributed by atoms with Gasteiger partial charge in [-0.05, 0) is 38.8 Å². The summed E-state index contributed by atoms with van der Waals surface area (Å²) >= 11 is 0. The Bertz CT molecular complexity index is 598. The summed E-state index contributed by atoms with van der Waals surface area (Å²) in [5, 5.41) is 20.1. The molecule has 1 amide bonds. The van der Waals surface area contributed by atoms with Gasteiger partial charge in [0, 0.05) is 30.6 Å². The first-order chi connectivity index (χ1) is 10.8. The standard InChI is InChI=1S/C16H22N2O5/c1-4-5-15(19)17(11(2)3)9-8-12-10-13(16(20)21)6-7-14(12)18(22)23/h6-7,10-11H,4-5,8-9H2,1-3H3,(H,20,21). The molecule has 0 radical (unpaired) electrons. The van der Waals surface area contributed by atoms with E-state index in [1.165, 1.54) is 18.2 Å². The quantitative estimate of drug-likeness (QED) is 0.586. The Morgan fingerprint density at radius 1 is 1.35 bits per heavy atom. The van der Waals surface area contributed by atoms with Gasteiger partial charge >= 0.3 is 5.97 Å². The van der Waals surface area contributed by atoms with E-state index in [9.17, 15) is 19.7 Å². The first-order valence-corrected chi connectivity index (χ1v) is 7.58. The van der Waals surface area contributed by atoms with Gasteiger partial charge < -0.3 is 10.0 Å². The van der Waals surface area contributed by atoms with Crippen LogP contribution in [-0.4, -0.2) is 39.4 Å². The molecule has 0 heterocycles. The zero-order valence-corrected chi connectivity index (χ0v) is 13.6. The molecule has 126 valence electrons. The van der Waals surface area contributed by atoms with Crippen LogP contribution in [0.1, 0.15) is 49.5 Å². The molecule has 1 aromatic rings. The SMILES string of the molecule is CCCC(=O)N(CCc1cc(C(=O)O)ccc1[N+](=O)[O-])C(C)C. The minimum absolute atomic E-state index is 0.000424. The summed E-state index contributed by atoms with van der Waals surface area (Å²) in [6.45, 7) is 6.00. The van der Waals surface area contributed by atoms with Crippen molar-refractivity contribution >= 4 is 17.6 Å². The summed E-state index contributed by atoms with van der Waals surface area (Å²) in [6, 6.07) is 3.71. The fraction of sp³-hybridized carbons (Fsp3) is 0.500. The molecule has 0 saturated heterocycles. The summed E-state index contributed by atoms with van der Waals surface area (Å²) < 4.78 is 0. The zero-order valence-electron chi connectivity index (χ0n) is 13.6. The maximum atomic E-state index is 12.1. The summed E-state index contributed by atoms with van der Waals surface area (Å²) in [5.74, 6) is -1.14. The molecule has 1 N–H and O–H groups in total. The van der Waals surface area contributed by atoms with Crippen LogP contribution in [0.15, 0.2) is 18.2 Å². The number of carboxylic acid groups (broad SMARTS) is 1. The van der Waals surface area contributed by atoms with Crippen LogP contribution in [0.4, 0.5) is 5.69 Å². The Balaban J connectivity index is 3.01. The second kappa shape index (κ2) is 8.26. The molecule has 0 atom stereocenters. The number of nitro benzene ring substituents is 1. The average molecular weight is 322 g/mol. The number of nitro groups is 1. The average Bonchev–Trinajstić information content (AvgIpc) is 2.46. The summed E-state index contributed by atoms with van der Waals surface area (Å²) in [5.41, 5.74) is 0.202. The van der Waals surface area contributed by atoms with E-state index in [4.69, 9.17) is 5.11 Å². The van der Waals surface area contributed by atoms with Crippen molar-refractivity contribution in [2.75, 3.05) is 6.54 Å². The van der Waals surface area contributed by atoms with Gasteiger partial charge in [-0.3, -0.25) is 14.9 Å². The zero-order chi connectivity index (χ0) is 17.6. The van der Waals surface area contributed by atoms with Crippen molar-refractivity contribution in [1.29, 1.82) is 0 Å². The third-order valence-corrected chi connectivity index (χ3v) is 3.55. The molecule has 1 aromatic carbocycles. The highest BCUT2D eigenvalue weighted by Crippen LogP contribution is 2.21. The lowest BCUT2D eigenvalue weighted by atomic mass is 10.0. The Labute approximate surface area is 135 Å². The smallest absolute Gasteiger partial charge is 0.335 e. The molecule has 0 aliphatic carbocycles. The van der Waals surface area contributed by atoms with E-state index in [1.807, 2.05) is 20.8 Å². The number of amides is 1. The Kier molecular flexibility index (Phi) is 6.68. The fourth-order valence-corrected chi connectivity index (χ4v) is 2.37. The highest BCUT2D eigenvalue weighted by atomic mass is 16.6. The van der Waals surface area contributed by atoms with Gasteiger partial charge in [-0.1, -0.05) is 6.92 Å². The molecule has 0 aliphatic heterocycles. The summed E-state index contributed by atoms with van der Waals surface area (Å²) in [4.78, 5) is 35.4. The van der Waals surface area contributed by atoms with Gasteiger partial charge in [0.1, 0.15) is 0 Å². The van der Waals surface area contributed by atoms with Crippen LogP contribution in [0.5, 0.6) is 0 Å². The predicted molar refractivity (Wildman–Crippen MR) is 85.5 cm³/mol. The van der Waals surface area contributed by atoms with Gasteiger partial charge in [0.25, 0.3) is 5.69 Å². The minimum Gasteiger partial charge on any atom is -0.478 e. The second-order valence-electron chi connectivity index (χ2n) is 5.59. The first-order valence-electron chi connectivity index (χ1n) is 7.58. The van der Waals surface area contributed by atoms with Crippen LogP contribution >= 0.6 is 0 Å². The molecule has 0 fully saturated rings. The van der Waals surface area contributed by atoms with Crippen LogP contribution in [-0.2, 0) is 11.2 Å². The molecule has 0 spiro atoms. The van der Waals surface area contributed by atoms with Crippen molar-refractivity contribution in [2.24, 2.45) is 0 Å². The maximum absolute atomic E-state index is 12.1. The first kappa shape index (κ1) is 18.6. The van der Waals surface area contributed by atoms with Gasteiger partial charge in [-0.15, -0.1) is 0 Å². The Morgan fingerprint density at radius 2 is 2.00 bits per heavy atom. The molecule has 0 saturated carbocycles. The monoisotopic (exact) mass is 322 g/mol. The molecular formula is C16H22N2O5. The van der Waals surface area contributed by atoms with E-state index in [1.54, 1.807) is 4.90 Å². The van der Waals surface area contributed by atoms with Crippen molar-refractivity contribution in [3.63, 3.8) is 0 Å². The molecular weight excluding hydrogens is 300 g/mol. The molecule has 0 bridgehead atoms. The highest BCUT2D eigenvalue weighted by molar-refractivity contribution is 5.88. The number of hydrogen-bond donors (Lipinski definition) is 1. The number of benzene rings is 1. The van der Waals surface area contributed by atoms with E-state index in [-0.39, 0.29) is 29.6 Å². The van der Waals surface area contributed by atoms with E-state index >= 15 is 0 Å². The van der Waals surface area contributed by atoms with E-state index in [0.29, 0.717) is 18.5 Å². The third-order valence-electron chi connectivity index (χ3n) is 3.55. The number of nitrogens with zero attached hydrogens (tertiary/aromatic N) is 2. The molecule has 0 unspecified atom stereocenters. The van der Waals surface area contributed by atoms with Crippen molar-refractivity contribution < 1.29 is 19.6 Å². The number of rotatable bonds is 8. The van der Waals surface area contributed by atoms with Crippen molar-refractivity contribution in [1.82, 2.24) is 4.90 Å². The minimum atomic E-state index is -1.14. The predicted octanol–water partition coefficient (Wildman–Crippen LogP) is 2.87. The fourth-order valence-electron chi connectivity index (χ4n) is 2.37. The van der Waals surface area contributed by atoms with Crippen LogP contribution in [0.3, 0.4) is 0 Å². The molecule has 7 heteroatoms. The lowest BCUT2D eigenvalue weighted by Gasteiger charge is -2.26. The lowest BCUT2D eigenvalue weighted by Crippen LogP contribution is -2.38. The molecule has 0 aliphatic rings.